The van der Waals surface area contributed by atoms with Crippen molar-refractivity contribution in [1.82, 2.24) is 4.90 Å². The molecule has 0 radical (unpaired) electrons. The van der Waals surface area contributed by atoms with Crippen LogP contribution in [0.1, 0.15) is 39.0 Å². The summed E-state index contributed by atoms with van der Waals surface area (Å²) in [5.41, 5.74) is 6.52. The third-order valence-electron chi connectivity index (χ3n) is 4.27. The summed E-state index contributed by atoms with van der Waals surface area (Å²) in [4.78, 5) is 2.45. The van der Waals surface area contributed by atoms with Gasteiger partial charge in [0.1, 0.15) is 0 Å². The van der Waals surface area contributed by atoms with Crippen LogP contribution in [0.2, 0.25) is 0 Å². The first-order chi connectivity index (χ1) is 7.64. The largest absolute Gasteiger partial charge is 0.327 e. The van der Waals surface area contributed by atoms with Gasteiger partial charge in [0.25, 0.3) is 0 Å². The van der Waals surface area contributed by atoms with Gasteiger partial charge in [-0.2, -0.15) is 0 Å². The summed E-state index contributed by atoms with van der Waals surface area (Å²) in [6, 6.07) is 0.368. The van der Waals surface area contributed by atoms with E-state index in [1.54, 1.807) is 0 Å². The molecule has 2 atom stereocenters. The van der Waals surface area contributed by atoms with Crippen molar-refractivity contribution in [2.75, 3.05) is 19.6 Å². The first kappa shape index (κ1) is 12.0. The van der Waals surface area contributed by atoms with E-state index in [0.29, 0.717) is 11.5 Å². The number of hydrogen-bond donors (Lipinski definition) is 1. The van der Waals surface area contributed by atoms with E-state index in [-0.39, 0.29) is 0 Å². The van der Waals surface area contributed by atoms with E-state index in [1.165, 1.54) is 38.6 Å². The SMILES string of the molecule is C#CCN(CC1CC1)CC1(C)CCCC1N. The molecular weight excluding hydrogens is 196 g/mol. The predicted octanol–water partition coefficient (Wildman–Crippen LogP) is 1.85. The Hall–Kier alpha value is -0.520. The molecule has 0 saturated heterocycles. The molecule has 90 valence electrons. The van der Waals surface area contributed by atoms with Crippen molar-refractivity contribution >= 4 is 0 Å². The van der Waals surface area contributed by atoms with Gasteiger partial charge >= 0.3 is 0 Å². The summed E-state index contributed by atoms with van der Waals surface area (Å²) in [7, 11) is 0. The lowest BCUT2D eigenvalue weighted by Gasteiger charge is -2.34. The van der Waals surface area contributed by atoms with Crippen LogP contribution in [0.3, 0.4) is 0 Å². The average molecular weight is 220 g/mol. The van der Waals surface area contributed by atoms with Gasteiger partial charge in [0.05, 0.1) is 6.54 Å². The van der Waals surface area contributed by atoms with Crippen LogP contribution in [-0.2, 0) is 0 Å². The van der Waals surface area contributed by atoms with Crippen LogP contribution in [0.5, 0.6) is 0 Å². The fourth-order valence-corrected chi connectivity index (χ4v) is 2.95. The molecule has 0 aromatic heterocycles. The summed E-state index contributed by atoms with van der Waals surface area (Å²) in [6.07, 6.45) is 12.0. The first-order valence-electron chi connectivity index (χ1n) is 6.55. The van der Waals surface area contributed by atoms with Crippen LogP contribution in [0.15, 0.2) is 0 Å². The molecule has 16 heavy (non-hydrogen) atoms. The Kier molecular flexibility index (Phi) is 3.56. The highest BCUT2D eigenvalue weighted by molar-refractivity contribution is 4.97. The Balaban J connectivity index is 1.90. The highest BCUT2D eigenvalue weighted by Crippen LogP contribution is 2.38. The van der Waals surface area contributed by atoms with Crippen LogP contribution in [-0.4, -0.2) is 30.6 Å². The molecule has 0 amide bonds. The van der Waals surface area contributed by atoms with E-state index in [1.807, 2.05) is 0 Å². The molecule has 0 aromatic carbocycles. The van der Waals surface area contributed by atoms with Gasteiger partial charge in [-0.15, -0.1) is 6.42 Å². The van der Waals surface area contributed by atoms with Gasteiger partial charge in [0.2, 0.25) is 0 Å². The molecule has 2 aliphatic carbocycles. The smallest absolute Gasteiger partial charge is 0.0599 e. The third-order valence-corrected chi connectivity index (χ3v) is 4.27. The van der Waals surface area contributed by atoms with Crippen molar-refractivity contribution in [3.05, 3.63) is 0 Å². The number of nitrogens with zero attached hydrogens (tertiary/aromatic N) is 1. The summed E-state index contributed by atoms with van der Waals surface area (Å²) in [6.45, 7) is 5.40. The fourth-order valence-electron chi connectivity index (χ4n) is 2.95. The van der Waals surface area contributed by atoms with Gasteiger partial charge in [0, 0.05) is 19.1 Å². The second-order valence-electron chi connectivity index (χ2n) is 5.97. The van der Waals surface area contributed by atoms with Crippen LogP contribution >= 0.6 is 0 Å². The molecule has 0 heterocycles. The van der Waals surface area contributed by atoms with E-state index in [9.17, 15) is 0 Å². The summed E-state index contributed by atoms with van der Waals surface area (Å²) >= 11 is 0. The van der Waals surface area contributed by atoms with Crippen molar-refractivity contribution in [2.45, 2.75) is 45.1 Å². The van der Waals surface area contributed by atoms with Gasteiger partial charge in [0.15, 0.2) is 0 Å². The van der Waals surface area contributed by atoms with Crippen molar-refractivity contribution in [3.63, 3.8) is 0 Å². The molecule has 0 bridgehead atoms. The number of hydrogen-bond acceptors (Lipinski definition) is 2. The van der Waals surface area contributed by atoms with Gasteiger partial charge in [-0.3, -0.25) is 4.90 Å². The molecule has 0 spiro atoms. The van der Waals surface area contributed by atoms with E-state index < -0.39 is 0 Å². The van der Waals surface area contributed by atoms with E-state index >= 15 is 0 Å². The molecule has 2 heteroatoms. The van der Waals surface area contributed by atoms with Crippen molar-refractivity contribution in [2.24, 2.45) is 17.1 Å². The maximum Gasteiger partial charge on any atom is 0.0599 e. The summed E-state index contributed by atoms with van der Waals surface area (Å²) in [5, 5.41) is 0. The zero-order valence-electron chi connectivity index (χ0n) is 10.4. The number of nitrogens with two attached hydrogens (primary N) is 1. The van der Waals surface area contributed by atoms with Crippen molar-refractivity contribution < 1.29 is 0 Å². The minimum atomic E-state index is 0.297. The lowest BCUT2D eigenvalue weighted by molar-refractivity contribution is 0.162. The minimum absolute atomic E-state index is 0.297. The number of terminal acetylenes is 1. The maximum atomic E-state index is 6.23. The van der Waals surface area contributed by atoms with E-state index in [2.05, 4.69) is 17.7 Å². The van der Waals surface area contributed by atoms with Crippen LogP contribution in [0.25, 0.3) is 0 Å². The third kappa shape index (κ3) is 2.78. The molecule has 2 rings (SSSR count). The monoisotopic (exact) mass is 220 g/mol. The topological polar surface area (TPSA) is 29.3 Å². The van der Waals surface area contributed by atoms with E-state index in [4.69, 9.17) is 12.2 Å². The van der Waals surface area contributed by atoms with Crippen LogP contribution in [0, 0.1) is 23.7 Å². The molecule has 2 fully saturated rings. The molecule has 2 unspecified atom stereocenters. The molecule has 2 saturated carbocycles. The molecule has 2 nitrogen and oxygen atoms in total. The van der Waals surface area contributed by atoms with Crippen molar-refractivity contribution in [1.29, 1.82) is 0 Å². The second-order valence-corrected chi connectivity index (χ2v) is 5.97. The zero-order valence-corrected chi connectivity index (χ0v) is 10.4. The maximum absolute atomic E-state index is 6.23. The van der Waals surface area contributed by atoms with Crippen molar-refractivity contribution in [3.8, 4) is 12.3 Å². The minimum Gasteiger partial charge on any atom is -0.327 e. The Morgan fingerprint density at radius 3 is 2.69 bits per heavy atom. The predicted molar refractivity (Wildman–Crippen MR) is 67.9 cm³/mol. The molecule has 0 aliphatic heterocycles. The standard InChI is InChI=1S/C14H24N2/c1-3-9-16(10-12-6-7-12)11-14(2)8-4-5-13(14)15/h1,12-13H,4-11,15H2,2H3. The van der Waals surface area contributed by atoms with E-state index in [0.717, 1.165) is 19.0 Å². The molecular formula is C14H24N2. The van der Waals surface area contributed by atoms with Crippen LogP contribution < -0.4 is 5.73 Å². The Morgan fingerprint density at radius 1 is 1.44 bits per heavy atom. The molecule has 2 aliphatic rings. The second kappa shape index (κ2) is 4.77. The van der Waals surface area contributed by atoms with Crippen LogP contribution in [0.4, 0.5) is 0 Å². The van der Waals surface area contributed by atoms with Gasteiger partial charge < -0.3 is 5.73 Å². The first-order valence-corrected chi connectivity index (χ1v) is 6.55. The van der Waals surface area contributed by atoms with Gasteiger partial charge in [-0.25, -0.2) is 0 Å². The quantitative estimate of drug-likeness (QED) is 0.716. The zero-order chi connectivity index (χ0) is 11.6. The Morgan fingerprint density at radius 2 is 2.19 bits per heavy atom. The molecule has 2 N–H and O–H groups in total. The highest BCUT2D eigenvalue weighted by Gasteiger charge is 2.38. The summed E-state index contributed by atoms with van der Waals surface area (Å²) in [5.74, 6) is 3.70. The normalized spacial score (nSPS) is 34.2. The average Bonchev–Trinajstić information content (AvgIpc) is 2.96. The van der Waals surface area contributed by atoms with Gasteiger partial charge in [-0.1, -0.05) is 19.3 Å². The fraction of sp³-hybridized carbons (Fsp3) is 0.857. The lowest BCUT2D eigenvalue weighted by Crippen LogP contribution is -2.45. The summed E-state index contributed by atoms with van der Waals surface area (Å²) < 4.78 is 0. The lowest BCUT2D eigenvalue weighted by atomic mass is 9.84. The Bertz CT molecular complexity index is 277. The number of rotatable bonds is 5. The highest BCUT2D eigenvalue weighted by atomic mass is 15.1. The van der Waals surface area contributed by atoms with Gasteiger partial charge in [-0.05, 0) is 37.0 Å². The molecule has 0 aromatic rings. The Labute approximate surface area is 99.6 Å².